The van der Waals surface area contributed by atoms with Gasteiger partial charge in [-0.3, -0.25) is 4.98 Å². The molecule has 0 aliphatic carbocycles. The number of nitrogens with zero attached hydrogens (tertiary/aromatic N) is 1. The zero-order valence-electron chi connectivity index (χ0n) is 13.6. The van der Waals surface area contributed by atoms with Gasteiger partial charge in [0.05, 0.1) is 12.6 Å². The van der Waals surface area contributed by atoms with Gasteiger partial charge in [-0.2, -0.15) is 0 Å². The lowest BCUT2D eigenvalue weighted by molar-refractivity contribution is 0.374. The summed E-state index contributed by atoms with van der Waals surface area (Å²) in [5, 5.41) is 11.0. The first-order valence-corrected chi connectivity index (χ1v) is 7.68. The van der Waals surface area contributed by atoms with Crippen molar-refractivity contribution < 1.29 is 19.0 Å². The minimum absolute atomic E-state index is 0.0370. The van der Waals surface area contributed by atoms with Crippen LogP contribution in [-0.4, -0.2) is 22.2 Å². The molecule has 4 rings (SSSR count). The van der Waals surface area contributed by atoms with Crippen LogP contribution in [0.4, 0.5) is 4.39 Å². The highest BCUT2D eigenvalue weighted by Crippen LogP contribution is 2.37. The van der Waals surface area contributed by atoms with Crippen molar-refractivity contribution in [2.24, 2.45) is 0 Å². The summed E-state index contributed by atoms with van der Waals surface area (Å²) in [4.78, 5) is 7.33. The van der Waals surface area contributed by atoms with Gasteiger partial charge in [-0.05, 0) is 37.3 Å². The summed E-state index contributed by atoms with van der Waals surface area (Å²) in [6, 6.07) is 9.80. The number of hydrogen-bond donors (Lipinski definition) is 2. The highest BCUT2D eigenvalue weighted by Gasteiger charge is 2.14. The fourth-order valence-corrected chi connectivity index (χ4v) is 2.87. The third kappa shape index (κ3) is 2.52. The molecule has 0 saturated carbocycles. The van der Waals surface area contributed by atoms with Crippen molar-refractivity contribution >= 4 is 21.8 Å². The maximum Gasteiger partial charge on any atom is 0.175 e. The van der Waals surface area contributed by atoms with Gasteiger partial charge < -0.3 is 19.6 Å². The van der Waals surface area contributed by atoms with E-state index in [2.05, 4.69) is 9.97 Å². The van der Waals surface area contributed by atoms with Crippen molar-refractivity contribution in [2.75, 3.05) is 7.11 Å². The van der Waals surface area contributed by atoms with Crippen LogP contribution in [0.15, 0.2) is 42.6 Å². The molecule has 2 aromatic carbocycles. The lowest BCUT2D eigenvalue weighted by atomic mass is 10.1. The van der Waals surface area contributed by atoms with Crippen LogP contribution >= 0.6 is 0 Å². The summed E-state index contributed by atoms with van der Waals surface area (Å²) in [6.07, 6.45) is 1.56. The maximum atomic E-state index is 14.7. The van der Waals surface area contributed by atoms with Crippen molar-refractivity contribution in [3.8, 4) is 23.0 Å². The number of aromatic amines is 1. The van der Waals surface area contributed by atoms with Crippen LogP contribution in [0.5, 0.6) is 23.0 Å². The van der Waals surface area contributed by atoms with Crippen LogP contribution in [0.2, 0.25) is 0 Å². The summed E-state index contributed by atoms with van der Waals surface area (Å²) in [7, 11) is 1.46. The Kier molecular flexibility index (Phi) is 3.46. The number of aromatic nitrogens is 2. The number of nitrogens with one attached hydrogen (secondary N) is 1. The minimum Gasteiger partial charge on any atom is -0.504 e. The second-order valence-corrected chi connectivity index (χ2v) is 5.74. The topological polar surface area (TPSA) is 67.4 Å². The van der Waals surface area contributed by atoms with E-state index in [9.17, 15) is 9.50 Å². The van der Waals surface area contributed by atoms with E-state index in [1.165, 1.54) is 13.2 Å². The van der Waals surface area contributed by atoms with Gasteiger partial charge in [0.2, 0.25) is 0 Å². The second kappa shape index (κ2) is 5.66. The average Bonchev–Trinajstić information content (AvgIpc) is 2.98. The Morgan fingerprint density at radius 2 is 1.88 bits per heavy atom. The zero-order valence-corrected chi connectivity index (χ0v) is 13.6. The Morgan fingerprint density at radius 3 is 2.68 bits per heavy atom. The number of hydrogen-bond acceptors (Lipinski definition) is 4. The first kappa shape index (κ1) is 15.3. The summed E-state index contributed by atoms with van der Waals surface area (Å²) in [6.45, 7) is 1.87. The highest BCUT2D eigenvalue weighted by atomic mass is 19.1. The van der Waals surface area contributed by atoms with Crippen molar-refractivity contribution in [3.05, 3.63) is 54.1 Å². The molecule has 0 aliphatic rings. The predicted molar refractivity (Wildman–Crippen MR) is 93.0 cm³/mol. The van der Waals surface area contributed by atoms with E-state index in [-0.39, 0.29) is 11.5 Å². The normalized spacial score (nSPS) is 11.2. The fraction of sp³-hybridized carbons (Fsp3) is 0.105. The molecule has 0 bridgehead atoms. The Bertz CT molecular complexity index is 1100. The summed E-state index contributed by atoms with van der Waals surface area (Å²) in [5.74, 6) is 0.338. The largest absolute Gasteiger partial charge is 0.504 e. The lowest BCUT2D eigenvalue weighted by Gasteiger charge is -2.11. The molecule has 0 radical (unpaired) electrons. The van der Waals surface area contributed by atoms with Gasteiger partial charge in [0.1, 0.15) is 5.75 Å². The van der Waals surface area contributed by atoms with Gasteiger partial charge in [-0.25, -0.2) is 4.39 Å². The molecule has 2 N–H and O–H groups in total. The van der Waals surface area contributed by atoms with E-state index < -0.39 is 5.82 Å². The number of phenolic OH excluding ortho intramolecular Hbond substituents is 1. The first-order valence-electron chi connectivity index (χ1n) is 7.68. The number of H-pyrrole nitrogens is 1. The molecule has 2 heterocycles. The molecule has 6 heteroatoms. The smallest absolute Gasteiger partial charge is 0.175 e. The highest BCUT2D eigenvalue weighted by molar-refractivity contribution is 5.88. The summed E-state index contributed by atoms with van der Waals surface area (Å²) in [5.41, 5.74) is 2.16. The van der Waals surface area contributed by atoms with Gasteiger partial charge in [0, 0.05) is 34.2 Å². The van der Waals surface area contributed by atoms with E-state index in [1.54, 1.807) is 36.5 Å². The zero-order chi connectivity index (χ0) is 17.6. The van der Waals surface area contributed by atoms with Crippen LogP contribution < -0.4 is 9.47 Å². The summed E-state index contributed by atoms with van der Waals surface area (Å²) >= 11 is 0. The van der Waals surface area contributed by atoms with Crippen LogP contribution in [0, 0.1) is 12.7 Å². The third-order valence-corrected chi connectivity index (χ3v) is 4.06. The molecule has 0 aliphatic heterocycles. The minimum atomic E-state index is -0.440. The quantitative estimate of drug-likeness (QED) is 0.570. The van der Waals surface area contributed by atoms with Crippen molar-refractivity contribution in [3.63, 3.8) is 0 Å². The second-order valence-electron chi connectivity index (χ2n) is 5.74. The lowest BCUT2D eigenvalue weighted by Crippen LogP contribution is -1.92. The van der Waals surface area contributed by atoms with Crippen LogP contribution in [0.3, 0.4) is 0 Å². The predicted octanol–water partition coefficient (Wildman–Crippen LogP) is 4.67. The number of aromatic hydroxyl groups is 1. The number of methoxy groups -OCH3 is 1. The fourth-order valence-electron chi connectivity index (χ4n) is 2.87. The monoisotopic (exact) mass is 338 g/mol. The molecule has 0 fully saturated rings. The van der Waals surface area contributed by atoms with E-state index in [1.807, 2.05) is 6.92 Å². The molecule has 0 atom stereocenters. The number of halogens is 1. The molecule has 4 aromatic rings. The van der Waals surface area contributed by atoms with Gasteiger partial charge in [-0.1, -0.05) is 0 Å². The SMILES string of the molecule is COc1cc2nccc(Oc3ccc4[nH]c(C)cc4c3F)c2cc1O. The van der Waals surface area contributed by atoms with E-state index in [4.69, 9.17) is 9.47 Å². The number of phenols is 1. The molecule has 126 valence electrons. The average molecular weight is 338 g/mol. The van der Waals surface area contributed by atoms with Gasteiger partial charge in [0.15, 0.2) is 23.1 Å². The molecule has 0 unspecified atom stereocenters. The van der Waals surface area contributed by atoms with Crippen molar-refractivity contribution in [1.82, 2.24) is 9.97 Å². The Morgan fingerprint density at radius 1 is 1.04 bits per heavy atom. The van der Waals surface area contributed by atoms with E-state index >= 15 is 0 Å². The van der Waals surface area contributed by atoms with Crippen LogP contribution in [-0.2, 0) is 0 Å². The van der Waals surface area contributed by atoms with E-state index in [0.29, 0.717) is 33.3 Å². The van der Waals surface area contributed by atoms with Crippen molar-refractivity contribution in [1.29, 1.82) is 0 Å². The number of fused-ring (bicyclic) bond motifs is 2. The number of pyridine rings is 1. The van der Waals surface area contributed by atoms with Gasteiger partial charge in [0.25, 0.3) is 0 Å². The number of rotatable bonds is 3. The molecule has 5 nitrogen and oxygen atoms in total. The van der Waals surface area contributed by atoms with E-state index in [0.717, 1.165) is 5.69 Å². The summed E-state index contributed by atoms with van der Waals surface area (Å²) < 4.78 is 25.6. The number of benzene rings is 2. The standard InChI is InChI=1S/C19H15FN2O3/c1-10-7-12-13(22-10)3-4-17(19(12)20)25-16-5-6-21-14-9-18(24-2)15(23)8-11(14)16/h3-9,22-23H,1-2H3. The Labute approximate surface area is 142 Å². The Balaban J connectivity index is 1.83. The Hall–Kier alpha value is -3.28. The third-order valence-electron chi connectivity index (χ3n) is 4.06. The van der Waals surface area contributed by atoms with Crippen LogP contribution in [0.25, 0.3) is 21.8 Å². The maximum absolute atomic E-state index is 14.7. The molecule has 0 spiro atoms. The molecular weight excluding hydrogens is 323 g/mol. The molecule has 2 aromatic heterocycles. The van der Waals surface area contributed by atoms with Gasteiger partial charge in [-0.15, -0.1) is 0 Å². The van der Waals surface area contributed by atoms with Crippen LogP contribution in [0.1, 0.15) is 5.69 Å². The molecular formula is C19H15FN2O3. The molecule has 0 saturated heterocycles. The molecule has 25 heavy (non-hydrogen) atoms. The van der Waals surface area contributed by atoms with Gasteiger partial charge >= 0.3 is 0 Å². The number of ether oxygens (including phenoxy) is 2. The number of aryl methyl sites for hydroxylation is 1. The van der Waals surface area contributed by atoms with Crippen molar-refractivity contribution in [2.45, 2.75) is 6.92 Å². The molecule has 0 amide bonds. The first-order chi connectivity index (χ1) is 12.1.